The van der Waals surface area contributed by atoms with E-state index in [1.165, 1.54) is 19.3 Å². The first kappa shape index (κ1) is 15.4. The molecule has 0 amide bonds. The third-order valence-electron chi connectivity index (χ3n) is 3.54. The highest BCUT2D eigenvalue weighted by Gasteiger charge is 2.14. The Bertz CT molecular complexity index is 215. The number of carbonyl (C=O) groups excluding carboxylic acids is 1. The maximum absolute atomic E-state index is 11.1. The first-order valence-electron chi connectivity index (χ1n) is 6.73. The lowest BCUT2D eigenvalue weighted by Gasteiger charge is -2.18. The number of aldehydes is 1. The first-order valence-corrected chi connectivity index (χ1v) is 6.73. The highest BCUT2D eigenvalue weighted by Crippen LogP contribution is 2.23. The molecule has 1 heteroatoms. The monoisotopic (exact) mass is 224 g/mol. The van der Waals surface area contributed by atoms with Crippen molar-refractivity contribution >= 4 is 6.29 Å². The third kappa shape index (κ3) is 5.48. The summed E-state index contributed by atoms with van der Waals surface area (Å²) in [5, 5.41) is 0. The van der Waals surface area contributed by atoms with Crippen LogP contribution in [0.2, 0.25) is 0 Å². The van der Waals surface area contributed by atoms with Crippen LogP contribution in [0, 0.1) is 17.8 Å². The van der Waals surface area contributed by atoms with Gasteiger partial charge in [0.15, 0.2) is 0 Å². The van der Waals surface area contributed by atoms with Crippen LogP contribution >= 0.6 is 0 Å². The molecular formula is C15H28O. The van der Waals surface area contributed by atoms with Gasteiger partial charge in [-0.3, -0.25) is 4.79 Å². The zero-order valence-corrected chi connectivity index (χ0v) is 11.6. The minimum Gasteiger partial charge on any atom is -0.298 e. The first-order chi connectivity index (χ1) is 7.56. The van der Waals surface area contributed by atoms with Crippen LogP contribution in [0.15, 0.2) is 11.6 Å². The van der Waals surface area contributed by atoms with Gasteiger partial charge in [0.1, 0.15) is 6.29 Å². The van der Waals surface area contributed by atoms with Crippen molar-refractivity contribution in [1.29, 1.82) is 0 Å². The summed E-state index contributed by atoms with van der Waals surface area (Å²) in [5.74, 6) is 1.51. The molecule has 0 saturated heterocycles. The van der Waals surface area contributed by atoms with Crippen LogP contribution in [0.1, 0.15) is 60.3 Å². The Morgan fingerprint density at radius 2 is 1.81 bits per heavy atom. The lowest BCUT2D eigenvalue weighted by atomic mass is 9.87. The number of unbranched alkanes of at least 4 members (excludes halogenated alkanes) is 1. The molecule has 2 atom stereocenters. The van der Waals surface area contributed by atoms with E-state index in [1.807, 2.05) is 0 Å². The minimum absolute atomic E-state index is 0.383. The summed E-state index contributed by atoms with van der Waals surface area (Å²) in [5.41, 5.74) is 0.998. The van der Waals surface area contributed by atoms with Gasteiger partial charge in [-0.2, -0.15) is 0 Å². The zero-order chi connectivity index (χ0) is 12.6. The molecule has 0 heterocycles. The van der Waals surface area contributed by atoms with Gasteiger partial charge in [0.2, 0.25) is 0 Å². The van der Waals surface area contributed by atoms with Crippen LogP contribution in [0.3, 0.4) is 0 Å². The highest BCUT2D eigenvalue weighted by atomic mass is 16.1. The summed E-state index contributed by atoms with van der Waals surface area (Å²) < 4.78 is 0. The Hall–Kier alpha value is -0.590. The van der Waals surface area contributed by atoms with E-state index in [9.17, 15) is 4.79 Å². The molecule has 0 N–H and O–H groups in total. The van der Waals surface area contributed by atoms with Crippen molar-refractivity contribution < 1.29 is 4.79 Å². The van der Waals surface area contributed by atoms with E-state index in [1.54, 1.807) is 0 Å². The number of carbonyl (C=O) groups is 1. The molecule has 16 heavy (non-hydrogen) atoms. The van der Waals surface area contributed by atoms with Crippen LogP contribution in [-0.4, -0.2) is 6.29 Å². The molecule has 0 aromatic heterocycles. The smallest absolute Gasteiger partial charge is 0.145 e. The van der Waals surface area contributed by atoms with E-state index < -0.39 is 0 Å². The van der Waals surface area contributed by atoms with Gasteiger partial charge in [-0.1, -0.05) is 53.5 Å². The second-order valence-corrected chi connectivity index (χ2v) is 5.13. The lowest BCUT2D eigenvalue weighted by molar-refractivity contribution is -0.105. The summed E-state index contributed by atoms with van der Waals surface area (Å²) in [6.07, 6.45) is 8.13. The normalized spacial score (nSPS) is 16.2. The van der Waals surface area contributed by atoms with E-state index in [0.29, 0.717) is 17.8 Å². The Morgan fingerprint density at radius 1 is 1.19 bits per heavy atom. The summed E-state index contributed by atoms with van der Waals surface area (Å²) in [7, 11) is 0. The molecule has 94 valence electrons. The molecule has 0 spiro atoms. The molecule has 0 rings (SSSR count). The van der Waals surface area contributed by atoms with Crippen molar-refractivity contribution in [2.45, 2.75) is 60.3 Å². The molecule has 0 aromatic carbocycles. The SMILES string of the molecule is CCCCC(C=C(C=O)C(C)C(C)C)CC. The predicted molar refractivity (Wildman–Crippen MR) is 71.5 cm³/mol. The zero-order valence-electron chi connectivity index (χ0n) is 11.6. The van der Waals surface area contributed by atoms with Gasteiger partial charge < -0.3 is 0 Å². The van der Waals surface area contributed by atoms with Crippen molar-refractivity contribution in [3.63, 3.8) is 0 Å². The highest BCUT2D eigenvalue weighted by molar-refractivity contribution is 5.74. The summed E-state index contributed by atoms with van der Waals surface area (Å²) >= 11 is 0. The third-order valence-corrected chi connectivity index (χ3v) is 3.54. The average Bonchev–Trinajstić information content (AvgIpc) is 2.28. The largest absolute Gasteiger partial charge is 0.298 e. The van der Waals surface area contributed by atoms with Crippen molar-refractivity contribution in [2.24, 2.45) is 17.8 Å². The molecule has 0 aromatic rings. The fourth-order valence-electron chi connectivity index (χ4n) is 1.83. The van der Waals surface area contributed by atoms with E-state index in [4.69, 9.17) is 0 Å². The Kier molecular flexibility index (Phi) is 8.23. The quantitative estimate of drug-likeness (QED) is 0.434. The van der Waals surface area contributed by atoms with E-state index >= 15 is 0 Å². The maximum Gasteiger partial charge on any atom is 0.145 e. The maximum atomic E-state index is 11.1. The van der Waals surface area contributed by atoms with Crippen molar-refractivity contribution in [1.82, 2.24) is 0 Å². The number of rotatable bonds is 8. The molecule has 0 fully saturated rings. The van der Waals surface area contributed by atoms with Crippen LogP contribution in [0.5, 0.6) is 0 Å². The van der Waals surface area contributed by atoms with Gasteiger partial charge >= 0.3 is 0 Å². The van der Waals surface area contributed by atoms with Crippen LogP contribution in [-0.2, 0) is 4.79 Å². The number of allylic oxidation sites excluding steroid dienone is 2. The van der Waals surface area contributed by atoms with E-state index in [2.05, 4.69) is 40.7 Å². The van der Waals surface area contributed by atoms with E-state index in [-0.39, 0.29) is 0 Å². The van der Waals surface area contributed by atoms with Crippen LogP contribution in [0.25, 0.3) is 0 Å². The molecule has 1 nitrogen and oxygen atoms in total. The van der Waals surface area contributed by atoms with Crippen molar-refractivity contribution in [2.75, 3.05) is 0 Å². The molecule has 0 saturated carbocycles. The topological polar surface area (TPSA) is 17.1 Å². The van der Waals surface area contributed by atoms with Crippen LogP contribution < -0.4 is 0 Å². The molecule has 2 unspecified atom stereocenters. The fraction of sp³-hybridized carbons (Fsp3) is 0.800. The van der Waals surface area contributed by atoms with Crippen LogP contribution in [0.4, 0.5) is 0 Å². The summed E-state index contributed by atoms with van der Waals surface area (Å²) in [6.45, 7) is 10.9. The Morgan fingerprint density at radius 3 is 2.19 bits per heavy atom. The summed E-state index contributed by atoms with van der Waals surface area (Å²) in [4.78, 5) is 11.1. The molecular weight excluding hydrogens is 196 g/mol. The van der Waals surface area contributed by atoms with Gasteiger partial charge in [0.05, 0.1) is 0 Å². The minimum atomic E-state index is 0.383. The van der Waals surface area contributed by atoms with Gasteiger partial charge in [0, 0.05) is 0 Å². The molecule has 0 aliphatic rings. The lowest BCUT2D eigenvalue weighted by Crippen LogP contribution is -2.10. The average molecular weight is 224 g/mol. The van der Waals surface area contributed by atoms with Crippen molar-refractivity contribution in [3.8, 4) is 0 Å². The molecule has 0 bridgehead atoms. The molecule has 0 radical (unpaired) electrons. The van der Waals surface area contributed by atoms with Gasteiger partial charge in [-0.15, -0.1) is 0 Å². The second-order valence-electron chi connectivity index (χ2n) is 5.13. The number of hydrogen-bond donors (Lipinski definition) is 0. The van der Waals surface area contributed by atoms with Gasteiger partial charge in [0.25, 0.3) is 0 Å². The Balaban J connectivity index is 4.56. The van der Waals surface area contributed by atoms with Gasteiger partial charge in [-0.05, 0) is 36.2 Å². The van der Waals surface area contributed by atoms with E-state index in [0.717, 1.165) is 18.3 Å². The summed E-state index contributed by atoms with van der Waals surface area (Å²) in [6, 6.07) is 0. The number of hydrogen-bond acceptors (Lipinski definition) is 1. The second kappa shape index (κ2) is 8.55. The van der Waals surface area contributed by atoms with Crippen molar-refractivity contribution in [3.05, 3.63) is 11.6 Å². The molecule has 0 aliphatic heterocycles. The molecule has 0 aliphatic carbocycles. The van der Waals surface area contributed by atoms with Gasteiger partial charge in [-0.25, -0.2) is 0 Å². The Labute approximate surface area is 101 Å². The standard InChI is InChI=1S/C15H28O/c1-6-8-9-14(7-2)10-15(11-16)13(5)12(3)4/h10-14H,6-9H2,1-5H3. The fourth-order valence-corrected chi connectivity index (χ4v) is 1.83. The predicted octanol–water partition coefficient (Wildman–Crippen LogP) is 4.62.